The largest absolute Gasteiger partial charge is 0.491 e. The van der Waals surface area contributed by atoms with Crippen molar-refractivity contribution in [3.8, 4) is 5.75 Å². The maximum atomic E-state index is 12.4. The van der Waals surface area contributed by atoms with Crippen molar-refractivity contribution in [1.29, 1.82) is 0 Å². The summed E-state index contributed by atoms with van der Waals surface area (Å²) in [5, 5.41) is 2.86. The molecule has 2 atom stereocenters. The van der Waals surface area contributed by atoms with Crippen molar-refractivity contribution < 1.29 is 14.3 Å². The molecular formula is C20H33ClN2O3. The summed E-state index contributed by atoms with van der Waals surface area (Å²) in [6.45, 7) is 3.64. The van der Waals surface area contributed by atoms with Crippen molar-refractivity contribution in [1.82, 2.24) is 4.90 Å². The lowest BCUT2D eigenvalue weighted by Gasteiger charge is -2.27. The monoisotopic (exact) mass is 384 g/mol. The summed E-state index contributed by atoms with van der Waals surface area (Å²) in [6.07, 6.45) is 6.14. The minimum atomic E-state index is -0.386. The van der Waals surface area contributed by atoms with E-state index in [-0.39, 0.29) is 24.6 Å². The van der Waals surface area contributed by atoms with Crippen LogP contribution >= 0.6 is 12.4 Å². The number of amides is 1. The zero-order chi connectivity index (χ0) is 18.1. The first-order valence-corrected chi connectivity index (χ1v) is 9.44. The third-order valence-corrected chi connectivity index (χ3v) is 4.53. The molecule has 1 amide bonds. The van der Waals surface area contributed by atoms with Crippen molar-refractivity contribution in [3.05, 3.63) is 24.3 Å². The van der Waals surface area contributed by atoms with E-state index in [1.54, 1.807) is 0 Å². The molecule has 2 rings (SSSR count). The van der Waals surface area contributed by atoms with E-state index in [1.807, 2.05) is 24.3 Å². The fourth-order valence-corrected chi connectivity index (χ4v) is 3.37. The van der Waals surface area contributed by atoms with Gasteiger partial charge in [-0.1, -0.05) is 31.9 Å². The van der Waals surface area contributed by atoms with Gasteiger partial charge >= 0.3 is 6.09 Å². The van der Waals surface area contributed by atoms with Crippen LogP contribution in [0.25, 0.3) is 0 Å². The predicted octanol–water partition coefficient (Wildman–Crippen LogP) is 4.96. The Labute approximate surface area is 163 Å². The Bertz CT molecular complexity index is 540. The third kappa shape index (κ3) is 7.42. The van der Waals surface area contributed by atoms with Crippen LogP contribution in [0.2, 0.25) is 0 Å². The molecule has 1 N–H and O–H groups in total. The number of nitrogens with one attached hydrogen (secondary N) is 1. The van der Waals surface area contributed by atoms with E-state index in [0.29, 0.717) is 24.0 Å². The minimum absolute atomic E-state index is 0. The Morgan fingerprint density at radius 1 is 1.19 bits per heavy atom. The highest BCUT2D eigenvalue weighted by Crippen LogP contribution is 2.28. The van der Waals surface area contributed by atoms with Gasteiger partial charge in [0.05, 0.1) is 12.3 Å². The topological polar surface area (TPSA) is 50.8 Å². The smallest absolute Gasteiger partial charge is 0.412 e. The summed E-state index contributed by atoms with van der Waals surface area (Å²) in [5.41, 5.74) is 0.665. The molecule has 0 spiro atoms. The zero-order valence-electron chi connectivity index (χ0n) is 16.2. The van der Waals surface area contributed by atoms with Gasteiger partial charge in [0.2, 0.25) is 0 Å². The molecule has 5 nitrogen and oxygen atoms in total. The van der Waals surface area contributed by atoms with Gasteiger partial charge in [-0.25, -0.2) is 4.79 Å². The second-order valence-electron chi connectivity index (χ2n) is 7.07. The first kappa shape index (κ1) is 22.6. The van der Waals surface area contributed by atoms with Gasteiger partial charge in [-0.15, -0.1) is 12.4 Å². The van der Waals surface area contributed by atoms with Crippen LogP contribution in [0.4, 0.5) is 10.5 Å². The fourth-order valence-electron chi connectivity index (χ4n) is 3.37. The second kappa shape index (κ2) is 12.0. The van der Waals surface area contributed by atoms with Crippen molar-refractivity contribution in [2.75, 3.05) is 32.6 Å². The number of ether oxygens (including phenoxy) is 2. The van der Waals surface area contributed by atoms with E-state index >= 15 is 0 Å². The van der Waals surface area contributed by atoms with Gasteiger partial charge in [-0.2, -0.15) is 0 Å². The lowest BCUT2D eigenvalue weighted by atomic mass is 9.97. The molecule has 0 aromatic heterocycles. The fraction of sp³-hybridized carbons (Fsp3) is 0.650. The van der Waals surface area contributed by atoms with Crippen molar-refractivity contribution in [2.45, 2.75) is 51.6 Å². The molecule has 0 saturated heterocycles. The van der Waals surface area contributed by atoms with E-state index < -0.39 is 0 Å². The Morgan fingerprint density at radius 3 is 2.65 bits per heavy atom. The van der Waals surface area contributed by atoms with Crippen LogP contribution < -0.4 is 10.1 Å². The first-order chi connectivity index (χ1) is 12.1. The Kier molecular flexibility index (Phi) is 10.4. The summed E-state index contributed by atoms with van der Waals surface area (Å²) in [6, 6.07) is 7.50. The summed E-state index contributed by atoms with van der Waals surface area (Å²) >= 11 is 0. The molecule has 0 aliphatic heterocycles. The number of para-hydroxylation sites is 2. The molecule has 1 aromatic rings. The Hall–Kier alpha value is -1.46. The highest BCUT2D eigenvalue weighted by Gasteiger charge is 2.27. The molecule has 1 aliphatic rings. The normalized spacial score (nSPS) is 20.0. The molecule has 1 saturated carbocycles. The van der Waals surface area contributed by atoms with E-state index in [9.17, 15) is 4.79 Å². The number of carbonyl (C=O) groups is 1. The Balaban J connectivity index is 0.00000338. The molecule has 0 heterocycles. The number of nitrogens with zero attached hydrogens (tertiary/aromatic N) is 1. The Morgan fingerprint density at radius 2 is 1.92 bits per heavy atom. The van der Waals surface area contributed by atoms with Gasteiger partial charge in [0, 0.05) is 12.5 Å². The van der Waals surface area contributed by atoms with Crippen molar-refractivity contribution >= 4 is 24.2 Å². The van der Waals surface area contributed by atoms with Gasteiger partial charge < -0.3 is 14.4 Å². The van der Waals surface area contributed by atoms with Gasteiger partial charge in [0.15, 0.2) is 0 Å². The third-order valence-electron chi connectivity index (χ3n) is 4.53. The molecule has 1 aliphatic carbocycles. The highest BCUT2D eigenvalue weighted by molar-refractivity contribution is 5.86. The zero-order valence-corrected chi connectivity index (χ0v) is 17.0. The summed E-state index contributed by atoms with van der Waals surface area (Å²) in [7, 11) is 4.15. The van der Waals surface area contributed by atoms with Crippen LogP contribution in [-0.2, 0) is 4.74 Å². The lowest BCUT2D eigenvalue weighted by Crippen LogP contribution is -2.34. The quantitative estimate of drug-likeness (QED) is 0.675. The molecule has 0 bridgehead atoms. The van der Waals surface area contributed by atoms with Crippen molar-refractivity contribution in [3.63, 3.8) is 0 Å². The standard InChI is InChI=1S/C20H32N2O3.ClH/c1-4-14-24-19-13-9-8-11-17(19)21-20(23)25-18-12-7-5-6-10-16(18)15-22(2)3;/h8-9,11,13,16,18H,4-7,10,12,14-15H2,1-3H3,(H,21,23);1H/t16-,18+;/m1./s1. The van der Waals surface area contributed by atoms with Gasteiger partial charge in [-0.3, -0.25) is 5.32 Å². The van der Waals surface area contributed by atoms with E-state index in [4.69, 9.17) is 9.47 Å². The number of anilines is 1. The number of carbonyl (C=O) groups excluding carboxylic acids is 1. The molecule has 1 aromatic carbocycles. The van der Waals surface area contributed by atoms with Gasteiger partial charge in [0.1, 0.15) is 11.9 Å². The average molecular weight is 385 g/mol. The second-order valence-corrected chi connectivity index (χ2v) is 7.07. The molecular weight excluding hydrogens is 352 g/mol. The predicted molar refractivity (Wildman–Crippen MR) is 108 cm³/mol. The summed E-state index contributed by atoms with van der Waals surface area (Å²) < 4.78 is 11.5. The van der Waals surface area contributed by atoms with Gasteiger partial charge in [-0.05, 0) is 51.9 Å². The molecule has 0 unspecified atom stereocenters. The van der Waals surface area contributed by atoms with E-state index in [1.165, 1.54) is 12.8 Å². The van der Waals surface area contributed by atoms with Crippen LogP contribution in [0.5, 0.6) is 5.75 Å². The summed E-state index contributed by atoms with van der Waals surface area (Å²) in [5.74, 6) is 1.09. The van der Waals surface area contributed by atoms with Gasteiger partial charge in [0.25, 0.3) is 0 Å². The van der Waals surface area contributed by atoms with Crippen LogP contribution in [0.1, 0.15) is 45.4 Å². The molecule has 1 fully saturated rings. The van der Waals surface area contributed by atoms with E-state index in [0.717, 1.165) is 32.2 Å². The lowest BCUT2D eigenvalue weighted by molar-refractivity contribution is 0.0569. The molecule has 26 heavy (non-hydrogen) atoms. The number of halogens is 1. The van der Waals surface area contributed by atoms with Crippen molar-refractivity contribution in [2.24, 2.45) is 5.92 Å². The minimum Gasteiger partial charge on any atom is -0.491 e. The van der Waals surface area contributed by atoms with Crippen LogP contribution in [0, 0.1) is 5.92 Å². The van der Waals surface area contributed by atoms with Crippen LogP contribution in [0.15, 0.2) is 24.3 Å². The highest BCUT2D eigenvalue weighted by atomic mass is 35.5. The number of benzene rings is 1. The average Bonchev–Trinajstić information content (AvgIpc) is 2.79. The van der Waals surface area contributed by atoms with Crippen LogP contribution in [-0.4, -0.2) is 44.3 Å². The molecule has 6 heteroatoms. The molecule has 0 radical (unpaired) electrons. The number of rotatable bonds is 7. The maximum absolute atomic E-state index is 12.4. The number of hydrogen-bond donors (Lipinski definition) is 1. The number of hydrogen-bond acceptors (Lipinski definition) is 4. The SMILES string of the molecule is CCCOc1ccccc1NC(=O)O[C@H]1CCCCC[C@@H]1CN(C)C.Cl. The maximum Gasteiger partial charge on any atom is 0.412 e. The first-order valence-electron chi connectivity index (χ1n) is 9.44. The van der Waals surface area contributed by atoms with E-state index in [2.05, 4.69) is 31.2 Å². The van der Waals surface area contributed by atoms with Crippen LogP contribution in [0.3, 0.4) is 0 Å². The molecule has 148 valence electrons. The summed E-state index contributed by atoms with van der Waals surface area (Å²) in [4.78, 5) is 14.6.